The van der Waals surface area contributed by atoms with Gasteiger partial charge in [0, 0.05) is 28.4 Å². The van der Waals surface area contributed by atoms with Crippen LogP contribution in [0.1, 0.15) is 26.7 Å². The Morgan fingerprint density at radius 1 is 1.04 bits per heavy atom. The molecule has 0 spiro atoms. The van der Waals surface area contributed by atoms with Gasteiger partial charge in [-0.2, -0.15) is 0 Å². The van der Waals surface area contributed by atoms with Crippen molar-refractivity contribution in [1.82, 2.24) is 0 Å². The Kier molecular flexibility index (Phi) is 10.4. The van der Waals surface area contributed by atoms with Crippen molar-refractivity contribution in [3.05, 3.63) is 0 Å². The number of ether oxygens (including phenoxy) is 6. The van der Waals surface area contributed by atoms with E-state index in [1.54, 1.807) is 7.11 Å². The van der Waals surface area contributed by atoms with Gasteiger partial charge in [-0.05, 0) is 12.8 Å². The van der Waals surface area contributed by atoms with E-state index in [2.05, 4.69) is 0 Å². The van der Waals surface area contributed by atoms with E-state index in [1.165, 1.54) is 21.3 Å². The fourth-order valence-electron chi connectivity index (χ4n) is 3.13. The predicted molar refractivity (Wildman–Crippen MR) is 90.4 cm³/mol. The fourth-order valence-corrected chi connectivity index (χ4v) is 3.13. The molecule has 1 aliphatic rings. The molecule has 0 saturated carbocycles. The molecule has 2 N–H and O–H groups in total. The molecule has 0 aromatic carbocycles. The third-order valence-corrected chi connectivity index (χ3v) is 4.65. The van der Waals surface area contributed by atoms with Gasteiger partial charge in [-0.1, -0.05) is 13.8 Å². The highest BCUT2D eigenvalue weighted by atomic mass is 16.7. The summed E-state index contributed by atoms with van der Waals surface area (Å²) in [6.07, 6.45) is -4.20. The SMILES string of the molecule is CCC1O[C@H](O[C@H](C(O)CC)[C@@H](COC)OC)[C@@H](OC)C(OC)[C@@H]1O. The summed E-state index contributed by atoms with van der Waals surface area (Å²) in [6, 6.07) is 0. The van der Waals surface area contributed by atoms with Gasteiger partial charge >= 0.3 is 0 Å². The number of aliphatic hydroxyl groups is 2. The van der Waals surface area contributed by atoms with E-state index in [0.717, 1.165) is 0 Å². The minimum atomic E-state index is -0.827. The van der Waals surface area contributed by atoms with Crippen molar-refractivity contribution in [1.29, 1.82) is 0 Å². The number of hydrogen-bond donors (Lipinski definition) is 2. The maximum absolute atomic E-state index is 10.4. The highest BCUT2D eigenvalue weighted by Crippen LogP contribution is 2.29. The van der Waals surface area contributed by atoms with Gasteiger partial charge in [0.1, 0.15) is 30.5 Å². The second-order valence-corrected chi connectivity index (χ2v) is 6.15. The highest BCUT2D eigenvalue weighted by Gasteiger charge is 2.47. The first-order valence-corrected chi connectivity index (χ1v) is 8.73. The van der Waals surface area contributed by atoms with Gasteiger partial charge in [0.2, 0.25) is 0 Å². The van der Waals surface area contributed by atoms with E-state index in [1.807, 2.05) is 13.8 Å². The second-order valence-electron chi connectivity index (χ2n) is 6.15. The number of aliphatic hydroxyl groups excluding tert-OH is 2. The summed E-state index contributed by atoms with van der Waals surface area (Å²) in [7, 11) is 6.11. The summed E-state index contributed by atoms with van der Waals surface area (Å²) in [5.74, 6) is 0. The van der Waals surface area contributed by atoms with Crippen molar-refractivity contribution < 1.29 is 38.6 Å². The molecule has 0 aromatic rings. The van der Waals surface area contributed by atoms with Crippen LogP contribution in [0, 0.1) is 0 Å². The van der Waals surface area contributed by atoms with Crippen molar-refractivity contribution in [2.45, 2.75) is 75.7 Å². The number of rotatable bonds is 11. The zero-order valence-electron chi connectivity index (χ0n) is 16.1. The van der Waals surface area contributed by atoms with Crippen LogP contribution in [-0.2, 0) is 28.4 Å². The number of hydrogen-bond acceptors (Lipinski definition) is 8. The van der Waals surface area contributed by atoms with Crippen LogP contribution in [0.25, 0.3) is 0 Å². The fraction of sp³-hybridized carbons (Fsp3) is 1.00. The Hall–Kier alpha value is -0.320. The summed E-state index contributed by atoms with van der Waals surface area (Å²) in [6.45, 7) is 4.02. The Morgan fingerprint density at radius 2 is 1.68 bits per heavy atom. The van der Waals surface area contributed by atoms with Crippen molar-refractivity contribution in [2.75, 3.05) is 35.0 Å². The zero-order valence-corrected chi connectivity index (χ0v) is 16.1. The lowest BCUT2D eigenvalue weighted by molar-refractivity contribution is -0.328. The number of methoxy groups -OCH3 is 4. The normalized spacial score (nSPS) is 33.8. The van der Waals surface area contributed by atoms with Crippen molar-refractivity contribution in [2.24, 2.45) is 0 Å². The molecule has 8 nitrogen and oxygen atoms in total. The topological polar surface area (TPSA) is 95.8 Å². The van der Waals surface area contributed by atoms with Crippen LogP contribution in [0.15, 0.2) is 0 Å². The largest absolute Gasteiger partial charge is 0.390 e. The van der Waals surface area contributed by atoms with Crippen molar-refractivity contribution in [3.8, 4) is 0 Å². The minimum Gasteiger partial charge on any atom is -0.390 e. The van der Waals surface area contributed by atoms with Gasteiger partial charge in [0.05, 0.1) is 18.8 Å². The Balaban J connectivity index is 3.01. The van der Waals surface area contributed by atoms with E-state index in [4.69, 9.17) is 28.4 Å². The molecule has 0 bridgehead atoms. The molecule has 8 atom stereocenters. The van der Waals surface area contributed by atoms with Crippen LogP contribution < -0.4 is 0 Å². The van der Waals surface area contributed by atoms with E-state index in [0.29, 0.717) is 12.8 Å². The molecule has 0 aromatic heterocycles. The summed E-state index contributed by atoms with van der Waals surface area (Å²) >= 11 is 0. The average Bonchev–Trinajstić information content (AvgIpc) is 2.63. The lowest BCUT2D eigenvalue weighted by atomic mass is 9.96. The molecule has 0 amide bonds. The van der Waals surface area contributed by atoms with Crippen LogP contribution >= 0.6 is 0 Å². The third kappa shape index (κ3) is 5.58. The quantitative estimate of drug-likeness (QED) is 0.540. The predicted octanol–water partition coefficient (Wildman–Crippen LogP) is 0.330. The van der Waals surface area contributed by atoms with Gasteiger partial charge in [-0.25, -0.2) is 0 Å². The molecule has 3 unspecified atom stereocenters. The van der Waals surface area contributed by atoms with Gasteiger partial charge in [-0.15, -0.1) is 0 Å². The van der Waals surface area contributed by atoms with E-state index >= 15 is 0 Å². The molecule has 150 valence electrons. The molecular formula is C17H34O8. The van der Waals surface area contributed by atoms with Crippen LogP contribution in [-0.4, -0.2) is 94.3 Å². The zero-order chi connectivity index (χ0) is 19.0. The first-order chi connectivity index (χ1) is 12.0. The summed E-state index contributed by atoms with van der Waals surface area (Å²) in [4.78, 5) is 0. The maximum atomic E-state index is 10.4. The first kappa shape index (κ1) is 22.7. The molecule has 1 saturated heterocycles. The third-order valence-electron chi connectivity index (χ3n) is 4.65. The Morgan fingerprint density at radius 3 is 2.12 bits per heavy atom. The maximum Gasteiger partial charge on any atom is 0.187 e. The van der Waals surface area contributed by atoms with Gasteiger partial charge < -0.3 is 38.6 Å². The van der Waals surface area contributed by atoms with Gasteiger partial charge in [0.25, 0.3) is 0 Å². The van der Waals surface area contributed by atoms with E-state index in [-0.39, 0.29) is 6.61 Å². The van der Waals surface area contributed by atoms with Crippen molar-refractivity contribution >= 4 is 0 Å². The molecule has 1 fully saturated rings. The van der Waals surface area contributed by atoms with E-state index in [9.17, 15) is 10.2 Å². The van der Waals surface area contributed by atoms with Gasteiger partial charge in [-0.3, -0.25) is 0 Å². The Bertz CT molecular complexity index is 356. The smallest absolute Gasteiger partial charge is 0.187 e. The minimum absolute atomic E-state index is 0.260. The van der Waals surface area contributed by atoms with Gasteiger partial charge in [0.15, 0.2) is 6.29 Å². The standard InChI is InChI=1S/C17H34O8/c1-7-10(18)14(12(21-4)9-20-3)25-17-16(23-6)15(22-5)13(19)11(8-2)24-17/h10-19H,7-9H2,1-6H3/t10?,11?,12-,13-,14-,15?,16+,17-/m1/s1. The second kappa shape index (κ2) is 11.4. The lowest BCUT2D eigenvalue weighted by Gasteiger charge is -2.45. The molecule has 0 aliphatic carbocycles. The van der Waals surface area contributed by atoms with Crippen LogP contribution in [0.3, 0.4) is 0 Å². The molecule has 25 heavy (non-hydrogen) atoms. The molecule has 1 aliphatic heterocycles. The molecular weight excluding hydrogens is 332 g/mol. The molecule has 1 heterocycles. The monoisotopic (exact) mass is 366 g/mol. The summed E-state index contributed by atoms with van der Waals surface area (Å²) in [5.41, 5.74) is 0. The summed E-state index contributed by atoms with van der Waals surface area (Å²) in [5, 5.41) is 20.8. The highest BCUT2D eigenvalue weighted by molar-refractivity contribution is 4.92. The first-order valence-electron chi connectivity index (χ1n) is 8.73. The van der Waals surface area contributed by atoms with Crippen LogP contribution in [0.4, 0.5) is 0 Å². The lowest BCUT2D eigenvalue weighted by Crippen LogP contribution is -2.61. The van der Waals surface area contributed by atoms with Crippen LogP contribution in [0.2, 0.25) is 0 Å². The van der Waals surface area contributed by atoms with E-state index < -0.39 is 49.0 Å². The Labute approximate surface area is 150 Å². The summed E-state index contributed by atoms with van der Waals surface area (Å²) < 4.78 is 33.4. The average molecular weight is 366 g/mol. The molecule has 8 heteroatoms. The van der Waals surface area contributed by atoms with Crippen LogP contribution in [0.5, 0.6) is 0 Å². The molecule has 1 rings (SSSR count). The molecule has 0 radical (unpaired) electrons. The van der Waals surface area contributed by atoms with Crippen molar-refractivity contribution in [3.63, 3.8) is 0 Å².